The fourth-order valence-electron chi connectivity index (χ4n) is 3.21. The number of hydrogen-bond acceptors (Lipinski definition) is 5. The number of carbonyl (C=O) groups excluding carboxylic acids is 1. The maximum Gasteiger partial charge on any atom is 0.223 e. The Hall–Kier alpha value is -2.13. The van der Waals surface area contributed by atoms with Gasteiger partial charge in [0, 0.05) is 31.7 Å². The number of nitrogens with zero attached hydrogens (tertiary/aromatic N) is 4. The highest BCUT2D eigenvalue weighted by molar-refractivity contribution is 5.78. The number of piperidine rings is 1. The van der Waals surface area contributed by atoms with Gasteiger partial charge in [0.15, 0.2) is 0 Å². The van der Waals surface area contributed by atoms with Crippen molar-refractivity contribution in [2.75, 3.05) is 44.2 Å². The normalized spacial score (nSPS) is 15.2. The molecule has 25 heavy (non-hydrogen) atoms. The lowest BCUT2D eigenvalue weighted by Gasteiger charge is -2.32. The zero-order valence-corrected chi connectivity index (χ0v) is 15.4. The van der Waals surface area contributed by atoms with Gasteiger partial charge < -0.3 is 15.1 Å². The van der Waals surface area contributed by atoms with Crippen molar-refractivity contribution in [3.05, 3.63) is 23.9 Å². The Kier molecular flexibility index (Phi) is 7.68. The first-order valence-electron chi connectivity index (χ1n) is 9.29. The highest BCUT2D eigenvalue weighted by Crippen LogP contribution is 2.22. The Bertz CT molecular complexity index is 568. The Balaban J connectivity index is 1.70. The van der Waals surface area contributed by atoms with Gasteiger partial charge in [-0.1, -0.05) is 13.8 Å². The van der Waals surface area contributed by atoms with Crippen molar-refractivity contribution >= 4 is 11.7 Å². The van der Waals surface area contributed by atoms with Crippen LogP contribution in [0.1, 0.15) is 38.7 Å². The molecular weight excluding hydrogens is 314 g/mol. The van der Waals surface area contributed by atoms with Crippen LogP contribution >= 0.6 is 0 Å². The third kappa shape index (κ3) is 5.71. The highest BCUT2D eigenvalue weighted by atomic mass is 16.1. The van der Waals surface area contributed by atoms with Gasteiger partial charge in [-0.3, -0.25) is 4.79 Å². The van der Waals surface area contributed by atoms with E-state index in [4.69, 9.17) is 5.26 Å². The van der Waals surface area contributed by atoms with Gasteiger partial charge in [0.1, 0.15) is 11.9 Å². The summed E-state index contributed by atoms with van der Waals surface area (Å²) in [6, 6.07) is 5.75. The SMILES string of the molecule is CCN(CC)CCCNC(=O)C1CCN(c2ccc(C#N)cn2)CC1. The van der Waals surface area contributed by atoms with Crippen LogP contribution in [0.25, 0.3) is 0 Å². The van der Waals surface area contributed by atoms with Gasteiger partial charge in [-0.2, -0.15) is 5.26 Å². The van der Waals surface area contributed by atoms with Crippen LogP contribution in [0, 0.1) is 17.2 Å². The van der Waals surface area contributed by atoms with Crippen LogP contribution in [0.5, 0.6) is 0 Å². The van der Waals surface area contributed by atoms with E-state index in [1.807, 2.05) is 6.07 Å². The van der Waals surface area contributed by atoms with E-state index >= 15 is 0 Å². The van der Waals surface area contributed by atoms with Gasteiger partial charge in [0.2, 0.25) is 5.91 Å². The number of rotatable bonds is 8. The van der Waals surface area contributed by atoms with Gasteiger partial charge in [0.05, 0.1) is 5.56 Å². The lowest BCUT2D eigenvalue weighted by Crippen LogP contribution is -2.41. The first-order chi connectivity index (χ1) is 12.2. The predicted octanol–water partition coefficient (Wildman–Crippen LogP) is 2.02. The minimum Gasteiger partial charge on any atom is -0.357 e. The van der Waals surface area contributed by atoms with Crippen LogP contribution in [0.15, 0.2) is 18.3 Å². The smallest absolute Gasteiger partial charge is 0.223 e. The van der Waals surface area contributed by atoms with E-state index in [9.17, 15) is 4.79 Å². The highest BCUT2D eigenvalue weighted by Gasteiger charge is 2.25. The van der Waals surface area contributed by atoms with Crippen molar-refractivity contribution < 1.29 is 4.79 Å². The maximum atomic E-state index is 12.3. The largest absolute Gasteiger partial charge is 0.357 e. The third-order valence-corrected chi connectivity index (χ3v) is 4.91. The molecule has 1 saturated heterocycles. The maximum absolute atomic E-state index is 12.3. The molecule has 1 aromatic rings. The molecule has 6 heteroatoms. The molecular formula is C19H29N5O. The van der Waals surface area contributed by atoms with E-state index in [0.29, 0.717) is 5.56 Å². The number of hydrogen-bond donors (Lipinski definition) is 1. The molecule has 2 heterocycles. The predicted molar refractivity (Wildman–Crippen MR) is 99.3 cm³/mol. The molecule has 6 nitrogen and oxygen atoms in total. The minimum atomic E-state index is 0.100. The third-order valence-electron chi connectivity index (χ3n) is 4.91. The average molecular weight is 343 g/mol. The van der Waals surface area contributed by atoms with Gasteiger partial charge >= 0.3 is 0 Å². The van der Waals surface area contributed by atoms with Crippen LogP contribution in [0.3, 0.4) is 0 Å². The van der Waals surface area contributed by atoms with E-state index in [-0.39, 0.29) is 11.8 Å². The van der Waals surface area contributed by atoms with E-state index < -0.39 is 0 Å². The van der Waals surface area contributed by atoms with Gasteiger partial charge in [0.25, 0.3) is 0 Å². The second kappa shape index (κ2) is 10.00. The van der Waals surface area contributed by atoms with Crippen LogP contribution in [0.2, 0.25) is 0 Å². The van der Waals surface area contributed by atoms with Crippen molar-refractivity contribution in [2.45, 2.75) is 33.1 Å². The molecule has 1 aromatic heterocycles. The molecule has 2 rings (SSSR count). The lowest BCUT2D eigenvalue weighted by atomic mass is 9.96. The summed E-state index contributed by atoms with van der Waals surface area (Å²) in [6.07, 6.45) is 4.30. The summed E-state index contributed by atoms with van der Waals surface area (Å²) in [5.74, 6) is 1.17. The first-order valence-corrected chi connectivity index (χ1v) is 9.29. The van der Waals surface area contributed by atoms with Gasteiger partial charge in [-0.15, -0.1) is 0 Å². The molecule has 0 unspecified atom stereocenters. The van der Waals surface area contributed by atoms with E-state index in [2.05, 4.69) is 40.0 Å². The van der Waals surface area contributed by atoms with Crippen molar-refractivity contribution in [1.82, 2.24) is 15.2 Å². The molecule has 1 aliphatic heterocycles. The van der Waals surface area contributed by atoms with Crippen molar-refractivity contribution in [3.63, 3.8) is 0 Å². The monoisotopic (exact) mass is 343 g/mol. The molecule has 1 fully saturated rings. The number of pyridine rings is 1. The summed E-state index contributed by atoms with van der Waals surface area (Å²) in [5.41, 5.74) is 0.572. The summed E-state index contributed by atoms with van der Waals surface area (Å²) in [4.78, 5) is 21.2. The molecule has 1 N–H and O–H groups in total. The summed E-state index contributed by atoms with van der Waals surface area (Å²) >= 11 is 0. The summed E-state index contributed by atoms with van der Waals surface area (Å²) in [7, 11) is 0. The van der Waals surface area contributed by atoms with Gasteiger partial charge in [-0.05, 0) is 51.0 Å². The van der Waals surface area contributed by atoms with E-state index in [1.54, 1.807) is 12.3 Å². The number of nitrogens with one attached hydrogen (secondary N) is 1. The van der Waals surface area contributed by atoms with E-state index in [1.165, 1.54) is 0 Å². The quantitative estimate of drug-likeness (QED) is 0.731. The van der Waals surface area contributed by atoms with Crippen molar-refractivity contribution in [1.29, 1.82) is 5.26 Å². The van der Waals surface area contributed by atoms with Crippen molar-refractivity contribution in [3.8, 4) is 6.07 Å². The van der Waals surface area contributed by atoms with Gasteiger partial charge in [-0.25, -0.2) is 4.98 Å². The molecule has 0 radical (unpaired) electrons. The molecule has 0 aromatic carbocycles. The standard InChI is InChI=1S/C19H29N5O/c1-3-23(4-2)11-5-10-21-19(25)17-8-12-24(13-9-17)18-7-6-16(14-20)15-22-18/h6-7,15,17H,3-5,8-13H2,1-2H3,(H,21,25). The molecule has 0 aliphatic carbocycles. The summed E-state index contributed by atoms with van der Waals surface area (Å²) < 4.78 is 0. The number of aromatic nitrogens is 1. The molecule has 0 bridgehead atoms. The van der Waals surface area contributed by atoms with Crippen LogP contribution in [-0.4, -0.2) is 55.1 Å². The molecule has 1 amide bonds. The molecule has 0 atom stereocenters. The number of nitriles is 1. The lowest BCUT2D eigenvalue weighted by molar-refractivity contribution is -0.125. The number of carbonyl (C=O) groups is 1. The van der Waals surface area contributed by atoms with Crippen LogP contribution in [0.4, 0.5) is 5.82 Å². The van der Waals surface area contributed by atoms with Crippen LogP contribution in [-0.2, 0) is 4.79 Å². The topological polar surface area (TPSA) is 72.3 Å². The molecule has 0 spiro atoms. The molecule has 136 valence electrons. The number of amides is 1. The Morgan fingerprint density at radius 2 is 2.08 bits per heavy atom. The van der Waals surface area contributed by atoms with Crippen LogP contribution < -0.4 is 10.2 Å². The van der Waals surface area contributed by atoms with Crippen molar-refractivity contribution in [2.24, 2.45) is 5.92 Å². The Morgan fingerprint density at radius 3 is 2.64 bits per heavy atom. The Morgan fingerprint density at radius 1 is 1.36 bits per heavy atom. The Labute approximate surface area is 150 Å². The fourth-order valence-corrected chi connectivity index (χ4v) is 3.21. The fraction of sp³-hybridized carbons (Fsp3) is 0.632. The first kappa shape index (κ1) is 19.2. The zero-order chi connectivity index (χ0) is 18.1. The second-order valence-electron chi connectivity index (χ2n) is 6.45. The molecule has 1 aliphatic rings. The van der Waals surface area contributed by atoms with E-state index in [0.717, 1.165) is 64.3 Å². The minimum absolute atomic E-state index is 0.100. The zero-order valence-electron chi connectivity index (χ0n) is 15.4. The molecule has 0 saturated carbocycles. The number of anilines is 1. The second-order valence-corrected chi connectivity index (χ2v) is 6.45. The summed E-state index contributed by atoms with van der Waals surface area (Å²) in [6.45, 7) is 9.91. The summed E-state index contributed by atoms with van der Waals surface area (Å²) in [5, 5.41) is 11.9. The average Bonchev–Trinajstić information content (AvgIpc) is 2.68.